The van der Waals surface area contributed by atoms with Gasteiger partial charge in [0.1, 0.15) is 0 Å². The Labute approximate surface area is 103 Å². The molecule has 16 heavy (non-hydrogen) atoms. The van der Waals surface area contributed by atoms with E-state index in [0.717, 1.165) is 25.7 Å². The number of hydrogen-bond acceptors (Lipinski definition) is 3. The van der Waals surface area contributed by atoms with Gasteiger partial charge in [-0.25, -0.2) is 0 Å². The molecule has 0 spiro atoms. The van der Waals surface area contributed by atoms with Crippen molar-refractivity contribution in [2.45, 2.75) is 38.6 Å². The van der Waals surface area contributed by atoms with Crippen LogP contribution >= 0.6 is 12.4 Å². The molecule has 0 bridgehead atoms. The predicted octanol–water partition coefficient (Wildman–Crippen LogP) is 3.10. The molecule has 0 amide bonds. The van der Waals surface area contributed by atoms with Crippen molar-refractivity contribution in [3.05, 3.63) is 23.8 Å². The molecular formula is C12H20ClNO2. The maximum atomic E-state index is 9.59. The molecule has 0 saturated heterocycles. The zero-order chi connectivity index (χ0) is 11.3. The highest BCUT2D eigenvalue weighted by Crippen LogP contribution is 2.33. The molecule has 92 valence electrons. The van der Waals surface area contributed by atoms with Crippen molar-refractivity contribution < 1.29 is 10.2 Å². The fourth-order valence-corrected chi connectivity index (χ4v) is 1.62. The average molecular weight is 246 g/mol. The van der Waals surface area contributed by atoms with Crippen LogP contribution in [0.15, 0.2) is 18.2 Å². The van der Waals surface area contributed by atoms with E-state index in [1.54, 1.807) is 12.1 Å². The van der Waals surface area contributed by atoms with E-state index in [1.807, 2.05) is 0 Å². The number of rotatable bonds is 5. The molecule has 1 aromatic carbocycles. The van der Waals surface area contributed by atoms with Gasteiger partial charge >= 0.3 is 0 Å². The summed E-state index contributed by atoms with van der Waals surface area (Å²) in [5.74, 6) is -0.181. The van der Waals surface area contributed by atoms with Crippen LogP contribution in [0, 0.1) is 0 Å². The van der Waals surface area contributed by atoms with E-state index in [9.17, 15) is 10.2 Å². The molecule has 4 N–H and O–H groups in total. The summed E-state index contributed by atoms with van der Waals surface area (Å²) < 4.78 is 0. The Morgan fingerprint density at radius 1 is 1.25 bits per heavy atom. The van der Waals surface area contributed by atoms with Crippen molar-refractivity contribution in [2.24, 2.45) is 5.73 Å². The Morgan fingerprint density at radius 2 is 1.94 bits per heavy atom. The SMILES string of the molecule is CCCCC[C@H](N)c1cccc(O)c1O.Cl. The van der Waals surface area contributed by atoms with Gasteiger partial charge in [-0.1, -0.05) is 38.3 Å². The van der Waals surface area contributed by atoms with Crippen LogP contribution < -0.4 is 5.73 Å². The number of halogens is 1. The zero-order valence-corrected chi connectivity index (χ0v) is 10.3. The van der Waals surface area contributed by atoms with Gasteiger partial charge in [0.05, 0.1) is 0 Å². The maximum absolute atomic E-state index is 9.59. The van der Waals surface area contributed by atoms with Gasteiger partial charge in [-0.2, -0.15) is 0 Å². The van der Waals surface area contributed by atoms with Gasteiger partial charge in [-0.15, -0.1) is 12.4 Å². The Bertz CT molecular complexity index is 318. The van der Waals surface area contributed by atoms with Crippen molar-refractivity contribution >= 4 is 12.4 Å². The summed E-state index contributed by atoms with van der Waals surface area (Å²) in [5, 5.41) is 18.9. The lowest BCUT2D eigenvalue weighted by atomic mass is 10.00. The smallest absolute Gasteiger partial charge is 0.162 e. The summed E-state index contributed by atoms with van der Waals surface area (Å²) in [7, 11) is 0. The van der Waals surface area contributed by atoms with Crippen LogP contribution in [0.25, 0.3) is 0 Å². The molecule has 1 aromatic rings. The molecule has 0 heterocycles. The highest BCUT2D eigenvalue weighted by Gasteiger charge is 2.12. The number of nitrogens with two attached hydrogens (primary N) is 1. The second-order valence-corrected chi connectivity index (χ2v) is 3.82. The summed E-state index contributed by atoms with van der Waals surface area (Å²) in [6.07, 6.45) is 4.18. The minimum atomic E-state index is -0.191. The fourth-order valence-electron chi connectivity index (χ4n) is 1.62. The second-order valence-electron chi connectivity index (χ2n) is 3.82. The van der Waals surface area contributed by atoms with Gasteiger partial charge in [0.2, 0.25) is 0 Å². The molecule has 0 radical (unpaired) electrons. The third kappa shape index (κ3) is 3.91. The molecule has 4 heteroatoms. The largest absolute Gasteiger partial charge is 0.504 e. The van der Waals surface area contributed by atoms with Crippen LogP contribution in [0.2, 0.25) is 0 Å². The molecule has 0 aliphatic heterocycles. The number of hydrogen-bond donors (Lipinski definition) is 3. The van der Waals surface area contributed by atoms with Crippen molar-refractivity contribution in [3.63, 3.8) is 0 Å². The molecule has 3 nitrogen and oxygen atoms in total. The van der Waals surface area contributed by atoms with Crippen LogP contribution in [0.3, 0.4) is 0 Å². The zero-order valence-electron chi connectivity index (χ0n) is 9.52. The molecule has 0 aliphatic carbocycles. The van der Waals surface area contributed by atoms with Crippen molar-refractivity contribution in [1.29, 1.82) is 0 Å². The number of aromatic hydroxyl groups is 2. The summed E-state index contributed by atoms with van der Waals surface area (Å²) in [6, 6.07) is 4.72. The van der Waals surface area contributed by atoms with Crippen LogP contribution in [0.4, 0.5) is 0 Å². The molecule has 0 fully saturated rings. The normalized spacial score (nSPS) is 11.9. The van der Waals surface area contributed by atoms with E-state index in [1.165, 1.54) is 6.07 Å². The van der Waals surface area contributed by atoms with Gasteiger partial charge in [0.15, 0.2) is 11.5 Å². The van der Waals surface area contributed by atoms with Crippen molar-refractivity contribution in [2.75, 3.05) is 0 Å². The van der Waals surface area contributed by atoms with Gasteiger partial charge in [-0.3, -0.25) is 0 Å². The van der Waals surface area contributed by atoms with Crippen LogP contribution in [0.5, 0.6) is 11.5 Å². The van der Waals surface area contributed by atoms with Crippen molar-refractivity contribution in [3.8, 4) is 11.5 Å². The summed E-state index contributed by atoms with van der Waals surface area (Å²) in [6.45, 7) is 2.14. The third-order valence-electron chi connectivity index (χ3n) is 2.56. The standard InChI is InChI=1S/C12H19NO2.ClH/c1-2-3-4-7-10(13)9-6-5-8-11(14)12(9)15;/h5-6,8,10,14-15H,2-4,7,13H2,1H3;1H/t10-;/m0./s1. The first-order chi connectivity index (χ1) is 7.16. The molecule has 0 aliphatic rings. The summed E-state index contributed by atoms with van der Waals surface area (Å²) >= 11 is 0. The van der Waals surface area contributed by atoms with Gasteiger partial charge < -0.3 is 15.9 Å². The maximum Gasteiger partial charge on any atom is 0.162 e. The number of unbranched alkanes of at least 4 members (excludes halogenated alkanes) is 2. The monoisotopic (exact) mass is 245 g/mol. The summed E-state index contributed by atoms with van der Waals surface area (Å²) in [5.41, 5.74) is 6.57. The fraction of sp³-hybridized carbons (Fsp3) is 0.500. The topological polar surface area (TPSA) is 66.5 Å². The molecular weight excluding hydrogens is 226 g/mol. The average Bonchev–Trinajstić information content (AvgIpc) is 2.22. The van der Waals surface area contributed by atoms with Crippen LogP contribution in [-0.2, 0) is 0 Å². The molecule has 1 rings (SSSR count). The van der Waals surface area contributed by atoms with E-state index >= 15 is 0 Å². The quantitative estimate of drug-likeness (QED) is 0.552. The van der Waals surface area contributed by atoms with Crippen molar-refractivity contribution in [1.82, 2.24) is 0 Å². The lowest BCUT2D eigenvalue weighted by Gasteiger charge is -2.13. The first-order valence-corrected chi connectivity index (χ1v) is 5.43. The minimum absolute atomic E-state index is 0. The van der Waals surface area contributed by atoms with Gasteiger partial charge in [0, 0.05) is 11.6 Å². The first-order valence-electron chi connectivity index (χ1n) is 5.43. The number of phenols is 2. The van der Waals surface area contributed by atoms with E-state index in [4.69, 9.17) is 5.73 Å². The molecule has 0 unspecified atom stereocenters. The molecule has 0 saturated carbocycles. The minimum Gasteiger partial charge on any atom is -0.504 e. The third-order valence-corrected chi connectivity index (χ3v) is 2.56. The summed E-state index contributed by atoms with van der Waals surface area (Å²) in [4.78, 5) is 0. The Kier molecular flexibility index (Phi) is 6.93. The van der Waals surface area contributed by atoms with E-state index in [0.29, 0.717) is 5.56 Å². The van der Waals surface area contributed by atoms with Gasteiger partial charge in [-0.05, 0) is 12.5 Å². The lowest BCUT2D eigenvalue weighted by Crippen LogP contribution is -2.10. The van der Waals surface area contributed by atoms with E-state index < -0.39 is 0 Å². The van der Waals surface area contributed by atoms with E-state index in [2.05, 4.69) is 6.92 Å². The molecule has 0 aromatic heterocycles. The van der Waals surface area contributed by atoms with Crippen LogP contribution in [-0.4, -0.2) is 10.2 Å². The highest BCUT2D eigenvalue weighted by atomic mass is 35.5. The Balaban J connectivity index is 0.00000225. The Morgan fingerprint density at radius 3 is 2.56 bits per heavy atom. The number of para-hydroxylation sites is 1. The Hall–Kier alpha value is -0.930. The van der Waals surface area contributed by atoms with Crippen LogP contribution in [0.1, 0.15) is 44.2 Å². The first kappa shape index (κ1) is 15.1. The van der Waals surface area contributed by atoms with E-state index in [-0.39, 0.29) is 29.9 Å². The predicted molar refractivity (Wildman–Crippen MR) is 68.1 cm³/mol. The second kappa shape index (κ2) is 7.36. The molecule has 1 atom stereocenters. The highest BCUT2D eigenvalue weighted by molar-refractivity contribution is 5.85. The van der Waals surface area contributed by atoms with Gasteiger partial charge in [0.25, 0.3) is 0 Å². The number of phenolic OH excluding ortho intramolecular Hbond substituents is 2. The number of benzene rings is 1. The lowest BCUT2D eigenvalue weighted by molar-refractivity contribution is 0.394.